The van der Waals surface area contributed by atoms with Crippen LogP contribution in [-0.2, 0) is 48.1 Å². The molecule has 3 heterocycles. The first-order valence-corrected chi connectivity index (χ1v) is 25.3. The first kappa shape index (κ1) is 47.8. The molecule has 0 saturated carbocycles. The van der Waals surface area contributed by atoms with E-state index in [1.165, 1.54) is 33.4 Å². The molecule has 12 rings (SSSR count). The second-order valence-electron chi connectivity index (χ2n) is 24.0. The minimum atomic E-state index is -0.121. The molecule has 0 radical (unpaired) electrons. The number of fused-ring (bicyclic) bond motifs is 6. The normalized spacial score (nSPS) is 16.2. The molecule has 2 aliphatic carbocycles. The van der Waals surface area contributed by atoms with Crippen molar-refractivity contribution in [3.8, 4) is 51.1 Å². The van der Waals surface area contributed by atoms with Crippen LogP contribution < -0.4 is 9.30 Å². The van der Waals surface area contributed by atoms with Gasteiger partial charge in [-0.2, -0.15) is 18.2 Å². The Morgan fingerprint density at radius 2 is 1.17 bits per heavy atom. The average Bonchev–Trinajstić information content (AvgIpc) is 3.99. The van der Waals surface area contributed by atoms with E-state index in [0.717, 1.165) is 79.7 Å². The summed E-state index contributed by atoms with van der Waals surface area (Å²) in [5.41, 5.74) is 17.7. The van der Waals surface area contributed by atoms with E-state index in [1.807, 2.05) is 18.2 Å². The molecule has 0 saturated heterocycles. The zero-order chi connectivity index (χ0) is 49.4. The van der Waals surface area contributed by atoms with Crippen LogP contribution in [0.3, 0.4) is 0 Å². The van der Waals surface area contributed by atoms with Gasteiger partial charge in [0, 0.05) is 43.6 Å². The van der Waals surface area contributed by atoms with Crippen molar-refractivity contribution in [2.45, 2.75) is 116 Å². The monoisotopic (exact) mass is 1120 g/mol. The molecule has 72 heavy (non-hydrogen) atoms. The Morgan fingerprint density at radius 1 is 0.556 bits per heavy atom. The molecule has 364 valence electrons. The van der Waals surface area contributed by atoms with E-state index in [4.69, 9.17) is 9.72 Å². The quantitative estimate of drug-likeness (QED) is 0.118. The van der Waals surface area contributed by atoms with Gasteiger partial charge in [0.2, 0.25) is 0 Å². The molecular weight excluding hydrogens is 1060 g/mol. The Hall–Kier alpha value is -6.55. The number of aromatic nitrogens is 4. The van der Waals surface area contributed by atoms with Crippen molar-refractivity contribution < 1.29 is 30.4 Å². The second-order valence-corrected chi connectivity index (χ2v) is 24.0. The van der Waals surface area contributed by atoms with E-state index in [2.05, 4.69) is 242 Å². The van der Waals surface area contributed by atoms with Crippen molar-refractivity contribution in [2.24, 2.45) is 0 Å². The summed E-state index contributed by atoms with van der Waals surface area (Å²) in [7, 11) is 0. The topological polar surface area (TPSA) is 35.9 Å². The summed E-state index contributed by atoms with van der Waals surface area (Å²) >= 11 is 0. The van der Waals surface area contributed by atoms with Crippen molar-refractivity contribution in [3.05, 3.63) is 198 Å². The number of pyridine rings is 1. The number of hydrogen-bond acceptors (Lipinski definition) is 2. The molecular formula is C66H62N4OPt-2. The predicted molar refractivity (Wildman–Crippen MR) is 291 cm³/mol. The molecule has 0 atom stereocenters. The van der Waals surface area contributed by atoms with Gasteiger partial charge in [0.05, 0.1) is 22.4 Å². The molecule has 6 heteroatoms. The summed E-state index contributed by atoms with van der Waals surface area (Å²) in [4.78, 5) is 5.51. The summed E-state index contributed by atoms with van der Waals surface area (Å²) in [6.45, 7) is 25.9. The van der Waals surface area contributed by atoms with Crippen molar-refractivity contribution in [2.75, 3.05) is 0 Å². The largest absolute Gasteiger partial charge is 0.510 e. The van der Waals surface area contributed by atoms with Gasteiger partial charge in [-0.3, -0.25) is 4.57 Å². The van der Waals surface area contributed by atoms with Crippen LogP contribution in [0.25, 0.3) is 72.4 Å². The van der Waals surface area contributed by atoms with Crippen LogP contribution in [0.2, 0.25) is 0 Å². The van der Waals surface area contributed by atoms with Gasteiger partial charge in [-0.05, 0) is 120 Å². The number of para-hydroxylation sites is 4. The van der Waals surface area contributed by atoms with Crippen molar-refractivity contribution in [3.63, 3.8) is 0 Å². The van der Waals surface area contributed by atoms with Crippen LogP contribution in [0.5, 0.6) is 11.5 Å². The maximum Gasteiger partial charge on any atom is 0.268 e. The van der Waals surface area contributed by atoms with Gasteiger partial charge in [0.25, 0.3) is 6.33 Å². The van der Waals surface area contributed by atoms with Gasteiger partial charge >= 0.3 is 0 Å². The maximum atomic E-state index is 6.75. The standard InChI is InChI=1S/C66H62N4O.Pt/c1-62(2,3)44-35-55(43-28-32-52-54(34-43)66(10,11)40-64(52,6)7)67-61(36-44)70-57-24-15-13-22-49(57)50-30-29-47(38-60(50)70)71-46-20-18-19-45(37-46)68-41-69(59-26-17-16-25-58(59)68)56-23-14-12-21-48(56)42-27-31-51-53(33-42)65(8,9)39-63(51,4)5;/h12-36H,39-40H2,1-11H3;/q-2;. The SMILES string of the molecule is CC(C)(C)c1cc(-c2ccc3c(c2)C(C)(C)CC3(C)C)nc(-n2c3[c-]c(Oc4[c-]c(-[n+]5[c-]n(-c6ccccc6-c6ccc7c(c6)C(C)(C)CC7(C)C)c6ccccc65)ccc4)ccc3c3ccccc32)c1.[Pt]. The van der Waals surface area contributed by atoms with Gasteiger partial charge < -0.3 is 13.9 Å². The Kier molecular flexibility index (Phi) is 11.1. The Morgan fingerprint density at radius 3 is 1.89 bits per heavy atom. The smallest absolute Gasteiger partial charge is 0.268 e. The zero-order valence-electron chi connectivity index (χ0n) is 43.4. The summed E-state index contributed by atoms with van der Waals surface area (Å²) in [5.74, 6) is 2.03. The fourth-order valence-electron chi connectivity index (χ4n) is 12.8. The molecule has 7 aromatic carbocycles. The van der Waals surface area contributed by atoms with Crippen molar-refractivity contribution in [1.82, 2.24) is 14.1 Å². The first-order valence-electron chi connectivity index (χ1n) is 25.3. The Balaban J connectivity index is 0.00000560. The molecule has 5 nitrogen and oxygen atoms in total. The third-order valence-electron chi connectivity index (χ3n) is 15.7. The molecule has 0 amide bonds. The van der Waals surface area contributed by atoms with Gasteiger partial charge in [-0.25, -0.2) is 4.98 Å². The van der Waals surface area contributed by atoms with Crippen LogP contribution in [0.15, 0.2) is 152 Å². The van der Waals surface area contributed by atoms with E-state index < -0.39 is 0 Å². The molecule has 0 spiro atoms. The number of nitrogens with zero attached hydrogens (tertiary/aromatic N) is 4. The van der Waals surface area contributed by atoms with E-state index in [0.29, 0.717) is 11.5 Å². The second kappa shape index (κ2) is 16.8. The van der Waals surface area contributed by atoms with Crippen LogP contribution >= 0.6 is 0 Å². The van der Waals surface area contributed by atoms with Crippen molar-refractivity contribution >= 4 is 32.8 Å². The van der Waals surface area contributed by atoms with Gasteiger partial charge in [-0.15, -0.1) is 29.7 Å². The van der Waals surface area contributed by atoms with Crippen LogP contribution in [0.1, 0.15) is 117 Å². The maximum absolute atomic E-state index is 6.75. The average molecular weight is 1120 g/mol. The van der Waals surface area contributed by atoms with E-state index >= 15 is 0 Å². The van der Waals surface area contributed by atoms with Gasteiger partial charge in [0.1, 0.15) is 5.82 Å². The third kappa shape index (κ3) is 7.86. The fourth-order valence-corrected chi connectivity index (χ4v) is 12.8. The number of ether oxygens (including phenoxy) is 1. The summed E-state index contributed by atoms with van der Waals surface area (Å²) in [6.07, 6.45) is 6.00. The minimum Gasteiger partial charge on any atom is -0.510 e. The number of hydrogen-bond donors (Lipinski definition) is 0. The van der Waals surface area contributed by atoms with Gasteiger partial charge in [0.15, 0.2) is 0 Å². The molecule has 10 aromatic rings. The van der Waals surface area contributed by atoms with Crippen LogP contribution in [-0.4, -0.2) is 14.1 Å². The van der Waals surface area contributed by atoms with Crippen molar-refractivity contribution in [1.29, 1.82) is 0 Å². The molecule has 0 fully saturated rings. The number of benzene rings is 7. The molecule has 0 unspecified atom stereocenters. The summed E-state index contributed by atoms with van der Waals surface area (Å²) in [5, 5.41) is 2.22. The number of rotatable bonds is 7. The molecule has 0 bridgehead atoms. The molecule has 3 aromatic heterocycles. The Bertz CT molecular complexity index is 3800. The zero-order valence-corrected chi connectivity index (χ0v) is 45.6. The summed E-state index contributed by atoms with van der Waals surface area (Å²) in [6, 6.07) is 62.0. The predicted octanol–water partition coefficient (Wildman–Crippen LogP) is 16.1. The van der Waals surface area contributed by atoms with Gasteiger partial charge in [-0.1, -0.05) is 173 Å². The Labute approximate surface area is 439 Å². The van der Waals surface area contributed by atoms with Crippen LogP contribution in [0.4, 0.5) is 0 Å². The van der Waals surface area contributed by atoms with E-state index in [9.17, 15) is 0 Å². The van der Waals surface area contributed by atoms with E-state index in [-0.39, 0.29) is 48.1 Å². The molecule has 2 aliphatic rings. The third-order valence-corrected chi connectivity index (χ3v) is 15.7. The molecule has 0 aliphatic heterocycles. The summed E-state index contributed by atoms with van der Waals surface area (Å²) < 4.78 is 13.3. The van der Waals surface area contributed by atoms with Crippen LogP contribution in [0, 0.1) is 18.5 Å². The minimum absolute atomic E-state index is 0. The fraction of sp³-hybridized carbons (Fsp3) is 0.273. The molecule has 0 N–H and O–H groups in total. The number of imidazole rings is 1. The first-order chi connectivity index (χ1) is 33.8. The van der Waals surface area contributed by atoms with E-state index in [1.54, 1.807) is 0 Å².